The topological polar surface area (TPSA) is 49.8 Å². The number of amides is 1. The van der Waals surface area contributed by atoms with E-state index in [4.69, 9.17) is 4.74 Å². The average molecular weight is 275 g/mol. The Balaban J connectivity index is 1.90. The van der Waals surface area contributed by atoms with Gasteiger partial charge in [-0.1, -0.05) is 13.8 Å². The number of β-amino-alcohol motifs (C(OH)–C–C–N with tert-alkyl or cyclic N) is 1. The van der Waals surface area contributed by atoms with Gasteiger partial charge in [-0.3, -0.25) is 4.79 Å². The molecule has 2 atom stereocenters. The lowest BCUT2D eigenvalue weighted by atomic mass is 9.86. The van der Waals surface area contributed by atoms with Gasteiger partial charge in [-0.25, -0.2) is 0 Å². The third kappa shape index (κ3) is 2.08. The number of rotatable bonds is 1. The predicted molar refractivity (Wildman–Crippen MR) is 76.1 cm³/mol. The quantitative estimate of drug-likeness (QED) is 0.852. The van der Waals surface area contributed by atoms with Crippen molar-refractivity contribution >= 4 is 5.91 Å². The SMILES string of the molecule is CC1CC(O)CN1C(=O)c1ccc2c(c1)C(C)(C)CO2. The molecule has 1 amide bonds. The van der Waals surface area contributed by atoms with Crippen LogP contribution in [-0.2, 0) is 5.41 Å². The Kier molecular flexibility index (Phi) is 3.01. The summed E-state index contributed by atoms with van der Waals surface area (Å²) in [7, 11) is 0. The fraction of sp³-hybridized carbons (Fsp3) is 0.562. The summed E-state index contributed by atoms with van der Waals surface area (Å²) in [5.41, 5.74) is 1.72. The third-order valence-corrected chi connectivity index (χ3v) is 4.36. The van der Waals surface area contributed by atoms with E-state index in [9.17, 15) is 9.90 Å². The number of benzene rings is 1. The fourth-order valence-electron chi connectivity index (χ4n) is 3.11. The minimum atomic E-state index is -0.400. The number of aliphatic hydroxyl groups is 1. The minimum Gasteiger partial charge on any atom is -0.492 e. The van der Waals surface area contributed by atoms with Gasteiger partial charge in [0.1, 0.15) is 5.75 Å². The molecule has 0 spiro atoms. The minimum absolute atomic E-state index is 0.000417. The molecule has 2 aliphatic heterocycles. The summed E-state index contributed by atoms with van der Waals surface area (Å²) in [6, 6.07) is 5.74. The summed E-state index contributed by atoms with van der Waals surface area (Å²) in [6.45, 7) is 7.30. The summed E-state index contributed by atoms with van der Waals surface area (Å²) in [6.07, 6.45) is 0.258. The zero-order chi connectivity index (χ0) is 14.5. The molecular weight excluding hydrogens is 254 g/mol. The number of ether oxygens (including phenoxy) is 1. The lowest BCUT2D eigenvalue weighted by molar-refractivity contribution is 0.0726. The molecule has 2 aliphatic rings. The Morgan fingerprint density at radius 3 is 2.85 bits per heavy atom. The number of nitrogens with zero attached hydrogens (tertiary/aromatic N) is 1. The normalized spacial score (nSPS) is 27.3. The molecular formula is C16H21NO3. The number of hydrogen-bond acceptors (Lipinski definition) is 3. The van der Waals surface area contributed by atoms with Gasteiger partial charge >= 0.3 is 0 Å². The summed E-state index contributed by atoms with van der Waals surface area (Å²) in [5.74, 6) is 0.876. The van der Waals surface area contributed by atoms with Crippen molar-refractivity contribution in [1.82, 2.24) is 4.90 Å². The molecule has 1 saturated heterocycles. The van der Waals surface area contributed by atoms with Crippen LogP contribution in [0.1, 0.15) is 43.1 Å². The second kappa shape index (κ2) is 4.48. The zero-order valence-electron chi connectivity index (χ0n) is 12.2. The van der Waals surface area contributed by atoms with E-state index in [2.05, 4.69) is 13.8 Å². The first kappa shape index (κ1) is 13.4. The molecule has 1 aromatic carbocycles. The number of fused-ring (bicyclic) bond motifs is 1. The van der Waals surface area contributed by atoms with Crippen LogP contribution >= 0.6 is 0 Å². The van der Waals surface area contributed by atoms with E-state index in [1.54, 1.807) is 4.90 Å². The molecule has 0 aromatic heterocycles. The van der Waals surface area contributed by atoms with Crippen LogP contribution in [0.4, 0.5) is 0 Å². The molecule has 2 unspecified atom stereocenters. The van der Waals surface area contributed by atoms with E-state index in [1.807, 2.05) is 25.1 Å². The Bertz CT molecular complexity index is 553. The molecule has 20 heavy (non-hydrogen) atoms. The van der Waals surface area contributed by atoms with Crippen molar-refractivity contribution in [3.05, 3.63) is 29.3 Å². The van der Waals surface area contributed by atoms with Crippen molar-refractivity contribution in [3.8, 4) is 5.75 Å². The van der Waals surface area contributed by atoms with Crippen LogP contribution in [0.15, 0.2) is 18.2 Å². The lowest BCUT2D eigenvalue weighted by Gasteiger charge is -2.22. The molecule has 0 aliphatic carbocycles. The van der Waals surface area contributed by atoms with Gasteiger partial charge in [-0.05, 0) is 31.5 Å². The molecule has 4 nitrogen and oxygen atoms in total. The first-order chi connectivity index (χ1) is 9.38. The molecule has 4 heteroatoms. The van der Waals surface area contributed by atoms with Gasteiger partial charge < -0.3 is 14.7 Å². The maximum atomic E-state index is 12.6. The molecule has 0 saturated carbocycles. The van der Waals surface area contributed by atoms with Gasteiger partial charge in [0.05, 0.1) is 12.7 Å². The van der Waals surface area contributed by atoms with Gasteiger partial charge in [-0.15, -0.1) is 0 Å². The van der Waals surface area contributed by atoms with E-state index < -0.39 is 6.10 Å². The highest BCUT2D eigenvalue weighted by Gasteiger charge is 2.35. The van der Waals surface area contributed by atoms with Gasteiger partial charge in [0.25, 0.3) is 5.91 Å². The molecule has 108 valence electrons. The van der Waals surface area contributed by atoms with Crippen molar-refractivity contribution in [3.63, 3.8) is 0 Å². The highest BCUT2D eigenvalue weighted by molar-refractivity contribution is 5.95. The van der Waals surface area contributed by atoms with Gasteiger partial charge in [-0.2, -0.15) is 0 Å². The number of hydrogen-bond donors (Lipinski definition) is 1. The van der Waals surface area contributed by atoms with E-state index in [-0.39, 0.29) is 17.4 Å². The van der Waals surface area contributed by atoms with Crippen LogP contribution in [0, 0.1) is 0 Å². The summed E-state index contributed by atoms with van der Waals surface area (Å²) < 4.78 is 5.65. The number of aliphatic hydroxyl groups excluding tert-OH is 1. The second-order valence-electron chi connectivity index (χ2n) is 6.58. The smallest absolute Gasteiger partial charge is 0.254 e. The Hall–Kier alpha value is -1.55. The highest BCUT2D eigenvalue weighted by Crippen LogP contribution is 2.39. The van der Waals surface area contributed by atoms with Crippen molar-refractivity contribution < 1.29 is 14.6 Å². The van der Waals surface area contributed by atoms with Gasteiger partial charge in [0.15, 0.2) is 0 Å². The van der Waals surface area contributed by atoms with Crippen LogP contribution in [0.25, 0.3) is 0 Å². The van der Waals surface area contributed by atoms with Crippen molar-refractivity contribution in [2.45, 2.75) is 44.8 Å². The van der Waals surface area contributed by atoms with E-state index in [1.165, 1.54) is 0 Å². The third-order valence-electron chi connectivity index (χ3n) is 4.36. The maximum Gasteiger partial charge on any atom is 0.254 e. The Morgan fingerprint density at radius 1 is 1.45 bits per heavy atom. The maximum absolute atomic E-state index is 12.6. The largest absolute Gasteiger partial charge is 0.492 e. The number of carbonyl (C=O) groups excluding carboxylic acids is 1. The van der Waals surface area contributed by atoms with Crippen molar-refractivity contribution in [2.24, 2.45) is 0 Å². The molecule has 1 N–H and O–H groups in total. The molecule has 0 bridgehead atoms. The van der Waals surface area contributed by atoms with E-state index in [0.29, 0.717) is 25.1 Å². The van der Waals surface area contributed by atoms with E-state index >= 15 is 0 Å². The second-order valence-corrected chi connectivity index (χ2v) is 6.58. The molecule has 3 rings (SSSR count). The summed E-state index contributed by atoms with van der Waals surface area (Å²) in [5, 5.41) is 9.69. The highest BCUT2D eigenvalue weighted by atomic mass is 16.5. The number of carbonyl (C=O) groups is 1. The van der Waals surface area contributed by atoms with Gasteiger partial charge in [0, 0.05) is 29.1 Å². The van der Waals surface area contributed by atoms with Crippen LogP contribution in [-0.4, -0.2) is 41.2 Å². The molecule has 1 aromatic rings. The Labute approximate surface area is 119 Å². The van der Waals surface area contributed by atoms with Crippen LogP contribution in [0.3, 0.4) is 0 Å². The van der Waals surface area contributed by atoms with Crippen LogP contribution in [0.5, 0.6) is 5.75 Å². The first-order valence-corrected chi connectivity index (χ1v) is 7.15. The molecule has 1 fully saturated rings. The van der Waals surface area contributed by atoms with Crippen molar-refractivity contribution in [1.29, 1.82) is 0 Å². The zero-order valence-corrected chi connectivity index (χ0v) is 12.2. The fourth-order valence-corrected chi connectivity index (χ4v) is 3.11. The first-order valence-electron chi connectivity index (χ1n) is 7.15. The van der Waals surface area contributed by atoms with Crippen LogP contribution < -0.4 is 4.74 Å². The monoisotopic (exact) mass is 275 g/mol. The number of likely N-dealkylation sites (tertiary alicyclic amines) is 1. The summed E-state index contributed by atoms with van der Waals surface area (Å²) >= 11 is 0. The summed E-state index contributed by atoms with van der Waals surface area (Å²) in [4.78, 5) is 14.3. The van der Waals surface area contributed by atoms with Crippen LogP contribution in [0.2, 0.25) is 0 Å². The molecule has 2 heterocycles. The average Bonchev–Trinajstić information content (AvgIpc) is 2.88. The van der Waals surface area contributed by atoms with Crippen molar-refractivity contribution in [2.75, 3.05) is 13.2 Å². The Morgan fingerprint density at radius 2 is 2.20 bits per heavy atom. The van der Waals surface area contributed by atoms with E-state index in [0.717, 1.165) is 11.3 Å². The predicted octanol–water partition coefficient (Wildman–Crippen LogP) is 1.95. The molecule has 0 radical (unpaired) electrons. The standard InChI is InChI=1S/C16H21NO3/c1-10-6-12(18)8-17(10)15(19)11-4-5-14-13(7-11)16(2,3)9-20-14/h4-5,7,10,12,18H,6,8-9H2,1-3H3. The van der Waals surface area contributed by atoms with Gasteiger partial charge in [0.2, 0.25) is 0 Å². The lowest BCUT2D eigenvalue weighted by Crippen LogP contribution is -2.34.